The van der Waals surface area contributed by atoms with E-state index in [9.17, 15) is 13.2 Å². The first-order valence-corrected chi connectivity index (χ1v) is 12.0. The second kappa shape index (κ2) is 9.08. The fourth-order valence-corrected chi connectivity index (χ4v) is 6.23. The highest BCUT2D eigenvalue weighted by atomic mass is 35.5. The first kappa shape index (κ1) is 22.8. The summed E-state index contributed by atoms with van der Waals surface area (Å²) < 4.78 is 28.0. The largest absolute Gasteiger partial charge is 0.349 e. The first-order chi connectivity index (χ1) is 14.1. The molecule has 1 aliphatic rings. The maximum atomic E-state index is 13.2. The summed E-state index contributed by atoms with van der Waals surface area (Å²) in [7, 11) is -3.57. The van der Waals surface area contributed by atoms with Crippen LogP contribution in [0.3, 0.4) is 0 Å². The van der Waals surface area contributed by atoms with Crippen LogP contribution in [-0.4, -0.2) is 31.7 Å². The molecule has 162 valence electrons. The number of nitrogens with one attached hydrogen (secondary N) is 1. The summed E-state index contributed by atoms with van der Waals surface area (Å²) >= 11 is 5.92. The molecule has 7 heteroatoms. The number of hydrogen-bond acceptors (Lipinski definition) is 3. The fourth-order valence-electron chi connectivity index (χ4n) is 4.23. The van der Waals surface area contributed by atoms with Gasteiger partial charge in [0.2, 0.25) is 15.9 Å². The first-order valence-electron chi connectivity index (χ1n) is 10.2. The molecule has 1 heterocycles. The van der Waals surface area contributed by atoms with Crippen molar-refractivity contribution in [2.45, 2.75) is 51.5 Å². The number of piperidine rings is 1. The monoisotopic (exact) mass is 448 g/mol. The van der Waals surface area contributed by atoms with Crippen molar-refractivity contribution in [2.24, 2.45) is 5.92 Å². The van der Waals surface area contributed by atoms with E-state index in [1.54, 1.807) is 12.1 Å². The number of aryl methyl sites for hydroxylation is 3. The van der Waals surface area contributed by atoms with Crippen molar-refractivity contribution in [1.82, 2.24) is 9.62 Å². The number of rotatable bonds is 5. The molecule has 1 saturated heterocycles. The van der Waals surface area contributed by atoms with E-state index in [1.807, 2.05) is 52.0 Å². The number of hydrogen-bond donors (Lipinski definition) is 1. The van der Waals surface area contributed by atoms with E-state index in [-0.39, 0.29) is 17.9 Å². The highest BCUT2D eigenvalue weighted by molar-refractivity contribution is 7.89. The van der Waals surface area contributed by atoms with Gasteiger partial charge in [-0.1, -0.05) is 41.4 Å². The predicted molar refractivity (Wildman–Crippen MR) is 120 cm³/mol. The van der Waals surface area contributed by atoms with Crippen molar-refractivity contribution in [1.29, 1.82) is 0 Å². The van der Waals surface area contributed by atoms with E-state index in [0.29, 0.717) is 35.8 Å². The molecule has 1 amide bonds. The Kier molecular flexibility index (Phi) is 6.90. The van der Waals surface area contributed by atoms with Crippen molar-refractivity contribution in [2.75, 3.05) is 13.1 Å². The molecule has 3 rings (SSSR count). The summed E-state index contributed by atoms with van der Waals surface area (Å²) in [6.45, 7) is 8.27. The number of amides is 1. The van der Waals surface area contributed by atoms with Gasteiger partial charge >= 0.3 is 0 Å². The van der Waals surface area contributed by atoms with Gasteiger partial charge in [0, 0.05) is 24.0 Å². The molecule has 0 aliphatic carbocycles. The summed E-state index contributed by atoms with van der Waals surface area (Å²) in [4.78, 5) is 13.1. The van der Waals surface area contributed by atoms with Crippen molar-refractivity contribution < 1.29 is 13.2 Å². The lowest BCUT2D eigenvalue weighted by Gasteiger charge is -2.32. The molecule has 30 heavy (non-hydrogen) atoms. The number of nitrogens with zero attached hydrogens (tertiary/aromatic N) is 1. The Bertz CT molecular complexity index is 1000. The van der Waals surface area contributed by atoms with Crippen molar-refractivity contribution in [3.8, 4) is 0 Å². The van der Waals surface area contributed by atoms with Crippen LogP contribution in [0.15, 0.2) is 41.3 Å². The molecule has 0 aromatic heterocycles. The maximum absolute atomic E-state index is 13.2. The third kappa shape index (κ3) is 4.88. The molecule has 5 nitrogen and oxygen atoms in total. The molecular formula is C23H29ClN2O3S. The Morgan fingerprint density at radius 3 is 2.13 bits per heavy atom. The Balaban J connectivity index is 1.64. The second-order valence-electron chi connectivity index (χ2n) is 8.19. The fraction of sp³-hybridized carbons (Fsp3) is 0.435. The normalized spacial score (nSPS) is 17.0. The quantitative estimate of drug-likeness (QED) is 0.729. The van der Waals surface area contributed by atoms with Gasteiger partial charge in [0.15, 0.2) is 0 Å². The molecule has 1 N–H and O–H groups in total. The second-order valence-corrected chi connectivity index (χ2v) is 10.5. The summed E-state index contributed by atoms with van der Waals surface area (Å²) in [6.07, 6.45) is 1.03. The maximum Gasteiger partial charge on any atom is 0.243 e. The zero-order valence-corrected chi connectivity index (χ0v) is 19.5. The number of carbonyl (C=O) groups excluding carboxylic acids is 1. The standard InChI is InChI=1S/C23H29ClN2O3S/c1-15-13-16(2)22(17(3)14-15)30(28,29)26-11-9-20(10-12-26)23(27)25-18(4)19-5-7-21(24)8-6-19/h5-8,13-14,18,20H,9-12H2,1-4H3,(H,25,27). The molecule has 2 aromatic carbocycles. The van der Waals surface area contributed by atoms with Crippen LogP contribution < -0.4 is 5.32 Å². The van der Waals surface area contributed by atoms with Crippen molar-refractivity contribution in [3.05, 3.63) is 63.7 Å². The highest BCUT2D eigenvalue weighted by Crippen LogP contribution is 2.29. The van der Waals surface area contributed by atoms with E-state index in [2.05, 4.69) is 5.32 Å². The van der Waals surface area contributed by atoms with Crippen LogP contribution in [0.2, 0.25) is 5.02 Å². The van der Waals surface area contributed by atoms with Gasteiger partial charge in [-0.05, 0) is 69.4 Å². The van der Waals surface area contributed by atoms with E-state index < -0.39 is 10.0 Å². The number of sulfonamides is 1. The minimum atomic E-state index is -3.57. The molecule has 0 spiro atoms. The smallest absolute Gasteiger partial charge is 0.243 e. The molecule has 0 bridgehead atoms. The lowest BCUT2D eigenvalue weighted by atomic mass is 9.96. The van der Waals surface area contributed by atoms with Crippen LogP contribution in [0.1, 0.15) is 48.1 Å². The molecule has 0 radical (unpaired) electrons. The topological polar surface area (TPSA) is 66.5 Å². The Morgan fingerprint density at radius 2 is 1.60 bits per heavy atom. The van der Waals surface area contributed by atoms with Crippen LogP contribution in [0, 0.1) is 26.7 Å². The minimum Gasteiger partial charge on any atom is -0.349 e. The van der Waals surface area contributed by atoms with E-state index >= 15 is 0 Å². The van der Waals surface area contributed by atoms with Gasteiger partial charge < -0.3 is 5.32 Å². The summed E-state index contributed by atoms with van der Waals surface area (Å²) in [5.41, 5.74) is 3.57. The van der Waals surface area contributed by atoms with Gasteiger partial charge in [0.25, 0.3) is 0 Å². The van der Waals surface area contributed by atoms with E-state index in [0.717, 1.165) is 22.3 Å². The van der Waals surface area contributed by atoms with Crippen LogP contribution >= 0.6 is 11.6 Å². The van der Waals surface area contributed by atoms with Gasteiger partial charge in [-0.25, -0.2) is 8.42 Å². The summed E-state index contributed by atoms with van der Waals surface area (Å²) in [6, 6.07) is 11.1. The van der Waals surface area contributed by atoms with E-state index in [4.69, 9.17) is 11.6 Å². The molecule has 1 aliphatic heterocycles. The van der Waals surface area contributed by atoms with Gasteiger partial charge in [0.05, 0.1) is 10.9 Å². The van der Waals surface area contributed by atoms with Gasteiger partial charge in [-0.3, -0.25) is 4.79 Å². The van der Waals surface area contributed by atoms with Gasteiger partial charge in [-0.2, -0.15) is 4.31 Å². The molecule has 1 fully saturated rings. The van der Waals surface area contributed by atoms with Gasteiger partial charge in [0.1, 0.15) is 0 Å². The Labute approximate surface area is 184 Å². The number of halogens is 1. The average Bonchev–Trinajstić information content (AvgIpc) is 2.67. The molecular weight excluding hydrogens is 420 g/mol. The molecule has 1 unspecified atom stereocenters. The van der Waals surface area contributed by atoms with Crippen molar-refractivity contribution in [3.63, 3.8) is 0 Å². The van der Waals surface area contributed by atoms with Crippen molar-refractivity contribution >= 4 is 27.5 Å². The number of benzene rings is 2. The molecule has 0 saturated carbocycles. The summed E-state index contributed by atoms with van der Waals surface area (Å²) in [5.74, 6) is -0.219. The zero-order chi connectivity index (χ0) is 22.1. The van der Waals surface area contributed by atoms with E-state index in [1.165, 1.54) is 4.31 Å². The zero-order valence-electron chi connectivity index (χ0n) is 17.9. The summed E-state index contributed by atoms with van der Waals surface area (Å²) in [5, 5.41) is 3.70. The third-order valence-corrected chi connectivity index (χ3v) is 8.21. The highest BCUT2D eigenvalue weighted by Gasteiger charge is 2.34. The van der Waals surface area contributed by atoms with Crippen LogP contribution in [-0.2, 0) is 14.8 Å². The average molecular weight is 449 g/mol. The minimum absolute atomic E-state index is 0.0304. The number of carbonyl (C=O) groups is 1. The van der Waals surface area contributed by atoms with Gasteiger partial charge in [-0.15, -0.1) is 0 Å². The SMILES string of the molecule is Cc1cc(C)c(S(=O)(=O)N2CCC(C(=O)NC(C)c3ccc(Cl)cc3)CC2)c(C)c1. The predicted octanol–water partition coefficient (Wildman–Crippen LogP) is 4.54. The molecule has 1 atom stereocenters. The Morgan fingerprint density at radius 1 is 1.07 bits per heavy atom. The lowest BCUT2D eigenvalue weighted by Crippen LogP contribution is -2.43. The third-order valence-electron chi connectivity index (χ3n) is 5.76. The lowest BCUT2D eigenvalue weighted by molar-refractivity contribution is -0.126. The van der Waals surface area contributed by atoms with Crippen LogP contribution in [0.5, 0.6) is 0 Å². The molecule has 2 aromatic rings. The Hall–Kier alpha value is -1.89. The van der Waals surface area contributed by atoms with Crippen LogP contribution in [0.25, 0.3) is 0 Å². The van der Waals surface area contributed by atoms with Crippen LogP contribution in [0.4, 0.5) is 0 Å².